The van der Waals surface area contributed by atoms with E-state index in [0.29, 0.717) is 0 Å². The molecule has 2 heterocycles. The van der Waals surface area contributed by atoms with Crippen LogP contribution in [0.4, 0.5) is 0 Å². The number of fused-ring (bicyclic) bond motifs is 8. The van der Waals surface area contributed by atoms with Crippen LogP contribution in [-0.2, 0) is 0 Å². The topological polar surface area (TPSA) is 26.3 Å². The van der Waals surface area contributed by atoms with Gasteiger partial charge in [0.1, 0.15) is 22.5 Å². The summed E-state index contributed by atoms with van der Waals surface area (Å²) < 4.78 is 13.3. The van der Waals surface area contributed by atoms with E-state index in [0.717, 1.165) is 49.8 Å². The number of rotatable bonds is 3. The standard InChI is InChI=1S/C44H26O2/c1-2-14-28(15-3-1)43-42(36-25-26-38-41(44(36)46-43)35-22-10-11-24-37(35)45-38)40-33-20-8-6-18-31(33)39(32-19-7-9-21-34(32)40)30-23-12-16-27-13-4-5-17-29(27)30/h1-26H. The van der Waals surface area contributed by atoms with E-state index in [1.54, 1.807) is 0 Å². The fourth-order valence-corrected chi connectivity index (χ4v) is 7.54. The number of hydrogen-bond donors (Lipinski definition) is 0. The first-order chi connectivity index (χ1) is 22.8. The van der Waals surface area contributed by atoms with Gasteiger partial charge >= 0.3 is 0 Å². The highest BCUT2D eigenvalue weighted by molar-refractivity contribution is 6.28. The van der Waals surface area contributed by atoms with Crippen molar-refractivity contribution in [3.8, 4) is 33.6 Å². The Bertz CT molecular complexity index is 2740. The second-order valence-electron chi connectivity index (χ2n) is 12.0. The van der Waals surface area contributed by atoms with Gasteiger partial charge in [-0.3, -0.25) is 0 Å². The molecule has 10 aromatic rings. The second-order valence-corrected chi connectivity index (χ2v) is 12.0. The zero-order chi connectivity index (χ0) is 30.2. The van der Waals surface area contributed by atoms with E-state index in [4.69, 9.17) is 8.83 Å². The zero-order valence-electron chi connectivity index (χ0n) is 24.8. The summed E-state index contributed by atoms with van der Waals surface area (Å²) in [5.41, 5.74) is 8.36. The minimum Gasteiger partial charge on any atom is -0.456 e. The van der Waals surface area contributed by atoms with Gasteiger partial charge in [-0.2, -0.15) is 0 Å². The van der Waals surface area contributed by atoms with Crippen molar-refractivity contribution in [2.45, 2.75) is 0 Å². The van der Waals surface area contributed by atoms with Crippen LogP contribution in [0.25, 0.3) is 98.8 Å². The lowest BCUT2D eigenvalue weighted by molar-refractivity contribution is 0.634. The molecule has 0 amide bonds. The third kappa shape index (κ3) is 3.53. The highest BCUT2D eigenvalue weighted by atomic mass is 16.3. The van der Waals surface area contributed by atoms with E-state index in [1.165, 1.54) is 49.0 Å². The van der Waals surface area contributed by atoms with Crippen LogP contribution in [0, 0.1) is 0 Å². The van der Waals surface area contributed by atoms with Crippen LogP contribution >= 0.6 is 0 Å². The predicted molar refractivity (Wildman–Crippen MR) is 192 cm³/mol. The lowest BCUT2D eigenvalue weighted by atomic mass is 9.83. The van der Waals surface area contributed by atoms with E-state index in [2.05, 4.69) is 146 Å². The Morgan fingerprint density at radius 1 is 0.326 bits per heavy atom. The fourth-order valence-electron chi connectivity index (χ4n) is 7.54. The SMILES string of the molecule is c1ccc(-c2oc3c(ccc4oc5ccccc5c43)c2-c2c3ccccc3c(-c3cccc4ccccc34)c3ccccc23)cc1. The Morgan fingerprint density at radius 2 is 0.913 bits per heavy atom. The van der Waals surface area contributed by atoms with Crippen LogP contribution < -0.4 is 0 Å². The van der Waals surface area contributed by atoms with Crippen molar-refractivity contribution in [3.05, 3.63) is 158 Å². The third-order valence-electron chi connectivity index (χ3n) is 9.47. The van der Waals surface area contributed by atoms with Gasteiger partial charge in [0, 0.05) is 27.5 Å². The maximum atomic E-state index is 7.03. The van der Waals surface area contributed by atoms with Crippen LogP contribution in [0.1, 0.15) is 0 Å². The number of furan rings is 2. The molecule has 0 atom stereocenters. The van der Waals surface area contributed by atoms with Crippen molar-refractivity contribution in [3.63, 3.8) is 0 Å². The van der Waals surface area contributed by atoms with Crippen molar-refractivity contribution in [1.29, 1.82) is 0 Å². The van der Waals surface area contributed by atoms with E-state index in [9.17, 15) is 0 Å². The Hall–Kier alpha value is -6.12. The van der Waals surface area contributed by atoms with Crippen molar-refractivity contribution < 1.29 is 8.83 Å². The van der Waals surface area contributed by atoms with E-state index in [1.807, 2.05) is 12.1 Å². The summed E-state index contributed by atoms with van der Waals surface area (Å²) in [6, 6.07) is 56.0. The smallest absolute Gasteiger partial charge is 0.147 e. The zero-order valence-corrected chi connectivity index (χ0v) is 24.8. The molecule has 0 aliphatic heterocycles. The average molecular weight is 587 g/mol. The van der Waals surface area contributed by atoms with Crippen LogP contribution in [0.2, 0.25) is 0 Å². The fraction of sp³-hybridized carbons (Fsp3) is 0. The molecule has 2 heteroatoms. The predicted octanol–water partition coefficient (Wildman–Crippen LogP) is 12.8. The molecule has 2 nitrogen and oxygen atoms in total. The summed E-state index contributed by atoms with van der Waals surface area (Å²) >= 11 is 0. The molecule has 0 aliphatic rings. The molecule has 8 aromatic carbocycles. The van der Waals surface area contributed by atoms with Crippen LogP contribution in [0.5, 0.6) is 0 Å². The summed E-state index contributed by atoms with van der Waals surface area (Å²) in [4.78, 5) is 0. The molecule has 0 radical (unpaired) electrons. The molecule has 0 saturated carbocycles. The van der Waals surface area contributed by atoms with Gasteiger partial charge in [-0.05, 0) is 61.6 Å². The number of hydrogen-bond acceptors (Lipinski definition) is 2. The van der Waals surface area contributed by atoms with Gasteiger partial charge in [0.15, 0.2) is 0 Å². The summed E-state index contributed by atoms with van der Waals surface area (Å²) in [5, 5.41) is 10.5. The molecular weight excluding hydrogens is 560 g/mol. The quantitative estimate of drug-likeness (QED) is 0.193. The molecule has 0 bridgehead atoms. The third-order valence-corrected chi connectivity index (χ3v) is 9.47. The molecular formula is C44H26O2. The Kier molecular flexibility index (Phi) is 5.31. The molecule has 0 fully saturated rings. The first-order valence-corrected chi connectivity index (χ1v) is 15.7. The molecule has 0 N–H and O–H groups in total. The van der Waals surface area contributed by atoms with Crippen molar-refractivity contribution >= 4 is 65.2 Å². The lowest BCUT2D eigenvalue weighted by Gasteiger charge is -2.19. The highest BCUT2D eigenvalue weighted by Crippen LogP contribution is 2.51. The molecule has 0 spiro atoms. The van der Waals surface area contributed by atoms with Gasteiger partial charge in [-0.25, -0.2) is 0 Å². The molecule has 0 unspecified atom stereocenters. The van der Waals surface area contributed by atoms with Crippen molar-refractivity contribution in [2.75, 3.05) is 0 Å². The molecule has 0 saturated heterocycles. The van der Waals surface area contributed by atoms with Gasteiger partial charge in [-0.15, -0.1) is 0 Å². The number of para-hydroxylation sites is 1. The minimum atomic E-state index is 0.828. The molecule has 214 valence electrons. The van der Waals surface area contributed by atoms with Crippen molar-refractivity contribution in [2.24, 2.45) is 0 Å². The lowest BCUT2D eigenvalue weighted by Crippen LogP contribution is -1.92. The van der Waals surface area contributed by atoms with Crippen LogP contribution in [0.3, 0.4) is 0 Å². The Balaban J connectivity index is 1.41. The minimum absolute atomic E-state index is 0.828. The average Bonchev–Trinajstić information content (AvgIpc) is 3.69. The van der Waals surface area contributed by atoms with Crippen LogP contribution in [0.15, 0.2) is 167 Å². The second kappa shape index (κ2) is 9.69. The maximum absolute atomic E-state index is 7.03. The Morgan fingerprint density at radius 3 is 1.65 bits per heavy atom. The number of benzene rings is 8. The van der Waals surface area contributed by atoms with Gasteiger partial charge in [0.2, 0.25) is 0 Å². The Labute approximate surface area is 264 Å². The molecule has 46 heavy (non-hydrogen) atoms. The van der Waals surface area contributed by atoms with Crippen molar-refractivity contribution in [1.82, 2.24) is 0 Å². The first kappa shape index (κ1) is 25.2. The van der Waals surface area contributed by atoms with Gasteiger partial charge in [0.25, 0.3) is 0 Å². The summed E-state index contributed by atoms with van der Waals surface area (Å²) in [7, 11) is 0. The first-order valence-electron chi connectivity index (χ1n) is 15.7. The van der Waals surface area contributed by atoms with Crippen LogP contribution in [-0.4, -0.2) is 0 Å². The molecule has 10 rings (SSSR count). The van der Waals surface area contributed by atoms with Gasteiger partial charge < -0.3 is 8.83 Å². The summed E-state index contributed by atoms with van der Waals surface area (Å²) in [5.74, 6) is 0.863. The molecule has 2 aromatic heterocycles. The highest BCUT2D eigenvalue weighted by Gasteiger charge is 2.26. The van der Waals surface area contributed by atoms with E-state index in [-0.39, 0.29) is 0 Å². The summed E-state index contributed by atoms with van der Waals surface area (Å²) in [6.07, 6.45) is 0. The maximum Gasteiger partial charge on any atom is 0.147 e. The van der Waals surface area contributed by atoms with E-state index < -0.39 is 0 Å². The normalized spacial score (nSPS) is 11.9. The van der Waals surface area contributed by atoms with E-state index >= 15 is 0 Å². The summed E-state index contributed by atoms with van der Waals surface area (Å²) in [6.45, 7) is 0. The largest absolute Gasteiger partial charge is 0.456 e. The van der Waals surface area contributed by atoms with Gasteiger partial charge in [-0.1, -0.05) is 140 Å². The van der Waals surface area contributed by atoms with Gasteiger partial charge in [0.05, 0.1) is 5.39 Å². The monoisotopic (exact) mass is 586 g/mol. The molecule has 0 aliphatic carbocycles.